The summed E-state index contributed by atoms with van der Waals surface area (Å²) in [5.41, 5.74) is -0.0256. The van der Waals surface area contributed by atoms with Gasteiger partial charge in [0.15, 0.2) is 0 Å². The molecule has 2 saturated heterocycles. The lowest BCUT2D eigenvalue weighted by Gasteiger charge is -2.45. The second-order valence-electron chi connectivity index (χ2n) is 6.85. The molecule has 19 heavy (non-hydrogen) atoms. The summed E-state index contributed by atoms with van der Waals surface area (Å²) in [6, 6.07) is 0.527. The van der Waals surface area contributed by atoms with Gasteiger partial charge in [0.25, 0.3) is 0 Å². The number of aliphatic hydroxyl groups is 2. The molecule has 0 aromatic heterocycles. The van der Waals surface area contributed by atoms with E-state index >= 15 is 0 Å². The highest BCUT2D eigenvalue weighted by molar-refractivity contribution is 4.95. The molecule has 0 amide bonds. The SMILES string of the molecule is OCC1(CN2CCC[C@@H]2[C@H]2CCCC[C@H]2O)COC1. The Morgan fingerprint density at radius 1 is 1.11 bits per heavy atom. The highest BCUT2D eigenvalue weighted by Crippen LogP contribution is 2.37. The zero-order valence-electron chi connectivity index (χ0n) is 11.8. The van der Waals surface area contributed by atoms with E-state index in [0.717, 1.165) is 19.5 Å². The molecule has 0 spiro atoms. The van der Waals surface area contributed by atoms with E-state index in [1.165, 1.54) is 32.1 Å². The number of aliphatic hydroxyl groups excluding tert-OH is 2. The lowest BCUT2D eigenvalue weighted by molar-refractivity contribution is -0.152. The molecule has 4 nitrogen and oxygen atoms in total. The fraction of sp³-hybridized carbons (Fsp3) is 1.00. The van der Waals surface area contributed by atoms with E-state index < -0.39 is 0 Å². The molecular formula is C15H27NO3. The Morgan fingerprint density at radius 2 is 1.89 bits per heavy atom. The summed E-state index contributed by atoms with van der Waals surface area (Å²) in [7, 11) is 0. The Morgan fingerprint density at radius 3 is 2.53 bits per heavy atom. The first-order valence-corrected chi connectivity index (χ1v) is 7.85. The minimum absolute atomic E-state index is 0.0256. The van der Waals surface area contributed by atoms with Crippen LogP contribution in [0, 0.1) is 11.3 Å². The van der Waals surface area contributed by atoms with Crippen molar-refractivity contribution in [2.45, 2.75) is 50.7 Å². The van der Waals surface area contributed by atoms with Gasteiger partial charge in [0, 0.05) is 18.5 Å². The maximum atomic E-state index is 10.3. The van der Waals surface area contributed by atoms with Crippen LogP contribution in [0.25, 0.3) is 0 Å². The van der Waals surface area contributed by atoms with Crippen LogP contribution in [-0.2, 0) is 4.74 Å². The first-order chi connectivity index (χ1) is 9.24. The normalized spacial score (nSPS) is 39.2. The van der Waals surface area contributed by atoms with E-state index in [4.69, 9.17) is 4.74 Å². The maximum Gasteiger partial charge on any atom is 0.0583 e. The number of ether oxygens (including phenoxy) is 1. The fourth-order valence-corrected chi connectivity index (χ4v) is 4.18. The molecule has 2 aliphatic heterocycles. The van der Waals surface area contributed by atoms with Crippen LogP contribution in [0.5, 0.6) is 0 Å². The first kappa shape index (κ1) is 13.8. The molecule has 0 aromatic carbocycles. The quantitative estimate of drug-likeness (QED) is 0.800. The van der Waals surface area contributed by atoms with Crippen LogP contribution in [0.3, 0.4) is 0 Å². The van der Waals surface area contributed by atoms with Gasteiger partial charge < -0.3 is 14.9 Å². The summed E-state index contributed by atoms with van der Waals surface area (Å²) in [5.74, 6) is 0.452. The average Bonchev–Trinajstić information content (AvgIpc) is 2.82. The van der Waals surface area contributed by atoms with Gasteiger partial charge >= 0.3 is 0 Å². The van der Waals surface area contributed by atoms with Crippen molar-refractivity contribution >= 4 is 0 Å². The Bertz CT molecular complexity index is 300. The van der Waals surface area contributed by atoms with E-state index in [-0.39, 0.29) is 18.1 Å². The zero-order valence-corrected chi connectivity index (χ0v) is 11.8. The summed E-state index contributed by atoms with van der Waals surface area (Å²) in [4.78, 5) is 2.53. The van der Waals surface area contributed by atoms with E-state index in [1.807, 2.05) is 0 Å². The molecule has 2 heterocycles. The second-order valence-corrected chi connectivity index (χ2v) is 6.85. The summed E-state index contributed by atoms with van der Waals surface area (Å²) in [6.07, 6.45) is 6.93. The third-order valence-electron chi connectivity index (χ3n) is 5.38. The third-order valence-corrected chi connectivity index (χ3v) is 5.38. The van der Waals surface area contributed by atoms with Gasteiger partial charge in [-0.15, -0.1) is 0 Å². The predicted molar refractivity (Wildman–Crippen MR) is 72.9 cm³/mol. The molecule has 1 saturated carbocycles. The number of nitrogens with zero attached hydrogens (tertiary/aromatic N) is 1. The van der Waals surface area contributed by atoms with Crippen LogP contribution in [0.1, 0.15) is 38.5 Å². The average molecular weight is 269 g/mol. The van der Waals surface area contributed by atoms with Crippen molar-refractivity contribution in [3.63, 3.8) is 0 Å². The van der Waals surface area contributed by atoms with Gasteiger partial charge in [-0.2, -0.15) is 0 Å². The number of rotatable bonds is 4. The van der Waals surface area contributed by atoms with Crippen molar-refractivity contribution in [3.8, 4) is 0 Å². The second kappa shape index (κ2) is 5.68. The fourth-order valence-electron chi connectivity index (χ4n) is 4.18. The molecular weight excluding hydrogens is 242 g/mol. The summed E-state index contributed by atoms with van der Waals surface area (Å²) in [6.45, 7) is 3.68. The van der Waals surface area contributed by atoms with Crippen molar-refractivity contribution in [1.82, 2.24) is 4.90 Å². The topological polar surface area (TPSA) is 52.9 Å². The smallest absolute Gasteiger partial charge is 0.0583 e. The monoisotopic (exact) mass is 269 g/mol. The largest absolute Gasteiger partial charge is 0.396 e. The standard InChI is InChI=1S/C15H27NO3/c17-9-15(10-19-11-15)8-16-7-3-5-13(16)12-4-1-2-6-14(12)18/h12-14,17-18H,1-11H2/t12-,13-,14-/m1/s1. The van der Waals surface area contributed by atoms with Crippen LogP contribution in [0.2, 0.25) is 0 Å². The van der Waals surface area contributed by atoms with Gasteiger partial charge in [0.2, 0.25) is 0 Å². The van der Waals surface area contributed by atoms with E-state index in [1.54, 1.807) is 0 Å². The molecule has 110 valence electrons. The Hall–Kier alpha value is -0.160. The van der Waals surface area contributed by atoms with E-state index in [0.29, 0.717) is 25.2 Å². The highest BCUT2D eigenvalue weighted by atomic mass is 16.5. The minimum Gasteiger partial charge on any atom is -0.396 e. The molecule has 0 radical (unpaired) electrons. The van der Waals surface area contributed by atoms with E-state index in [2.05, 4.69) is 4.90 Å². The Balaban J connectivity index is 1.64. The van der Waals surface area contributed by atoms with Crippen LogP contribution < -0.4 is 0 Å². The molecule has 3 rings (SSSR count). The molecule has 0 bridgehead atoms. The summed E-state index contributed by atoms with van der Waals surface area (Å²) in [5, 5.41) is 19.9. The van der Waals surface area contributed by atoms with Gasteiger partial charge in [-0.05, 0) is 32.2 Å². The minimum atomic E-state index is -0.109. The molecule has 4 heteroatoms. The van der Waals surface area contributed by atoms with Gasteiger partial charge in [0.05, 0.1) is 31.3 Å². The van der Waals surface area contributed by atoms with Gasteiger partial charge in [-0.3, -0.25) is 4.90 Å². The van der Waals surface area contributed by atoms with Gasteiger partial charge in [-0.25, -0.2) is 0 Å². The number of hydrogen-bond acceptors (Lipinski definition) is 4. The maximum absolute atomic E-state index is 10.3. The third kappa shape index (κ3) is 2.68. The van der Waals surface area contributed by atoms with Gasteiger partial charge in [0.1, 0.15) is 0 Å². The van der Waals surface area contributed by atoms with Crippen LogP contribution >= 0.6 is 0 Å². The molecule has 1 aliphatic carbocycles. The molecule has 3 atom stereocenters. The van der Waals surface area contributed by atoms with E-state index in [9.17, 15) is 10.2 Å². The molecule has 3 aliphatic rings. The molecule has 3 fully saturated rings. The lowest BCUT2D eigenvalue weighted by atomic mass is 9.79. The summed E-state index contributed by atoms with van der Waals surface area (Å²) < 4.78 is 5.31. The van der Waals surface area contributed by atoms with Crippen molar-refractivity contribution in [1.29, 1.82) is 0 Å². The van der Waals surface area contributed by atoms with Crippen LogP contribution in [0.15, 0.2) is 0 Å². The van der Waals surface area contributed by atoms with Crippen molar-refractivity contribution in [2.24, 2.45) is 11.3 Å². The highest BCUT2D eigenvalue weighted by Gasteiger charge is 2.44. The Kier molecular flexibility index (Phi) is 4.13. The number of hydrogen-bond donors (Lipinski definition) is 2. The number of likely N-dealkylation sites (tertiary alicyclic amines) is 1. The zero-order chi connectivity index (χ0) is 13.3. The summed E-state index contributed by atoms with van der Waals surface area (Å²) >= 11 is 0. The molecule has 0 unspecified atom stereocenters. The lowest BCUT2D eigenvalue weighted by Crippen LogP contribution is -2.55. The molecule has 0 aromatic rings. The van der Waals surface area contributed by atoms with Crippen molar-refractivity contribution in [2.75, 3.05) is 32.9 Å². The van der Waals surface area contributed by atoms with Crippen LogP contribution in [-0.4, -0.2) is 60.2 Å². The predicted octanol–water partition coefficient (Wildman–Crippen LogP) is 1.01. The van der Waals surface area contributed by atoms with Crippen molar-refractivity contribution in [3.05, 3.63) is 0 Å². The van der Waals surface area contributed by atoms with Gasteiger partial charge in [-0.1, -0.05) is 12.8 Å². The molecule has 2 N–H and O–H groups in total. The van der Waals surface area contributed by atoms with Crippen LogP contribution in [0.4, 0.5) is 0 Å². The van der Waals surface area contributed by atoms with Crippen molar-refractivity contribution < 1.29 is 14.9 Å². The first-order valence-electron chi connectivity index (χ1n) is 7.85. The Labute approximate surface area is 115 Å².